The number of rotatable bonds is 1. The van der Waals surface area contributed by atoms with Gasteiger partial charge in [0.1, 0.15) is 0 Å². The van der Waals surface area contributed by atoms with E-state index in [0.29, 0.717) is 34.8 Å². The maximum absolute atomic E-state index is 11.7. The Balaban J connectivity index is 2.32. The smallest absolute Gasteiger partial charge is 0.200 e. The molecule has 0 radical (unpaired) electrons. The van der Waals surface area contributed by atoms with Gasteiger partial charge in [0, 0.05) is 17.8 Å². The summed E-state index contributed by atoms with van der Waals surface area (Å²) in [6.07, 6.45) is 1.76. The van der Waals surface area contributed by atoms with Crippen LogP contribution in [-0.2, 0) is 4.79 Å². The Morgan fingerprint density at radius 3 is 2.59 bits per heavy atom. The summed E-state index contributed by atoms with van der Waals surface area (Å²) >= 11 is 0. The molecule has 0 heterocycles. The highest BCUT2D eigenvalue weighted by molar-refractivity contribution is 6.50. The van der Waals surface area contributed by atoms with Gasteiger partial charge in [-0.1, -0.05) is 0 Å². The zero-order valence-electron chi connectivity index (χ0n) is 9.53. The van der Waals surface area contributed by atoms with Gasteiger partial charge >= 0.3 is 0 Å². The summed E-state index contributed by atoms with van der Waals surface area (Å²) < 4.78 is 0. The number of carbonyl (C=O) groups excluding carboxylic acids is 1. The SMILES string of the molecule is CC1=CC(=O)C(=Nc2ccc(N)cc2)CC1=N. The van der Waals surface area contributed by atoms with E-state index in [-0.39, 0.29) is 5.78 Å². The van der Waals surface area contributed by atoms with Crippen LogP contribution < -0.4 is 5.73 Å². The maximum Gasteiger partial charge on any atom is 0.200 e. The minimum atomic E-state index is -0.115. The number of nitrogens with one attached hydrogen (secondary N) is 1. The fourth-order valence-corrected chi connectivity index (χ4v) is 1.56. The van der Waals surface area contributed by atoms with Gasteiger partial charge in [0.15, 0.2) is 0 Å². The summed E-state index contributed by atoms with van der Waals surface area (Å²) in [6, 6.07) is 6.98. The topological polar surface area (TPSA) is 79.3 Å². The second kappa shape index (κ2) is 4.33. The molecule has 3 N–H and O–H groups in total. The number of benzene rings is 1. The van der Waals surface area contributed by atoms with Gasteiger partial charge in [-0.2, -0.15) is 0 Å². The fourth-order valence-electron chi connectivity index (χ4n) is 1.56. The van der Waals surface area contributed by atoms with Gasteiger partial charge in [0.25, 0.3) is 0 Å². The lowest BCUT2D eigenvalue weighted by atomic mass is 9.96. The zero-order chi connectivity index (χ0) is 12.4. The summed E-state index contributed by atoms with van der Waals surface area (Å²) in [7, 11) is 0. The molecule has 4 heteroatoms. The lowest BCUT2D eigenvalue weighted by molar-refractivity contribution is -0.109. The van der Waals surface area contributed by atoms with E-state index < -0.39 is 0 Å². The van der Waals surface area contributed by atoms with Crippen LogP contribution in [-0.4, -0.2) is 17.2 Å². The summed E-state index contributed by atoms with van der Waals surface area (Å²) in [5.41, 5.74) is 8.48. The van der Waals surface area contributed by atoms with Crippen molar-refractivity contribution >= 4 is 28.6 Å². The lowest BCUT2D eigenvalue weighted by Gasteiger charge is -2.11. The highest BCUT2D eigenvalue weighted by atomic mass is 16.1. The molecular weight excluding hydrogens is 214 g/mol. The molecule has 0 aromatic heterocycles. The van der Waals surface area contributed by atoms with E-state index in [0.717, 1.165) is 0 Å². The van der Waals surface area contributed by atoms with E-state index >= 15 is 0 Å². The Morgan fingerprint density at radius 2 is 1.94 bits per heavy atom. The van der Waals surface area contributed by atoms with Crippen molar-refractivity contribution in [3.8, 4) is 0 Å². The molecule has 0 bridgehead atoms. The normalized spacial score (nSPS) is 18.4. The molecular formula is C13H13N3O. The number of hydrogen-bond donors (Lipinski definition) is 2. The van der Waals surface area contributed by atoms with E-state index in [4.69, 9.17) is 11.1 Å². The van der Waals surface area contributed by atoms with Crippen LogP contribution in [0, 0.1) is 5.41 Å². The third-order valence-electron chi connectivity index (χ3n) is 2.61. The number of nitrogens with two attached hydrogens (primary N) is 1. The van der Waals surface area contributed by atoms with Crippen molar-refractivity contribution in [1.82, 2.24) is 0 Å². The number of nitrogen functional groups attached to an aromatic ring is 1. The second-order valence-electron chi connectivity index (χ2n) is 4.00. The molecule has 0 saturated heterocycles. The molecule has 0 saturated carbocycles. The van der Waals surface area contributed by atoms with Gasteiger partial charge in [-0.05, 0) is 42.8 Å². The van der Waals surface area contributed by atoms with Crippen LogP contribution in [0.3, 0.4) is 0 Å². The molecule has 17 heavy (non-hydrogen) atoms. The van der Waals surface area contributed by atoms with Crippen LogP contribution in [0.4, 0.5) is 11.4 Å². The van der Waals surface area contributed by atoms with Gasteiger partial charge in [0.05, 0.1) is 11.4 Å². The average molecular weight is 227 g/mol. The molecule has 0 amide bonds. The molecule has 1 aromatic rings. The maximum atomic E-state index is 11.7. The number of aliphatic imine (C=N–C) groups is 1. The number of hydrogen-bond acceptors (Lipinski definition) is 4. The number of nitrogens with zero attached hydrogens (tertiary/aromatic N) is 1. The van der Waals surface area contributed by atoms with Crippen LogP contribution >= 0.6 is 0 Å². The van der Waals surface area contributed by atoms with Crippen LogP contribution in [0.1, 0.15) is 13.3 Å². The average Bonchev–Trinajstić information content (AvgIpc) is 2.29. The minimum Gasteiger partial charge on any atom is -0.399 e. The van der Waals surface area contributed by atoms with Crippen molar-refractivity contribution < 1.29 is 4.79 Å². The number of carbonyl (C=O) groups is 1. The molecule has 1 aromatic carbocycles. The van der Waals surface area contributed by atoms with E-state index in [1.54, 1.807) is 31.2 Å². The molecule has 0 fully saturated rings. The third kappa shape index (κ3) is 2.47. The number of allylic oxidation sites excluding steroid dienone is 2. The molecule has 4 nitrogen and oxygen atoms in total. The summed E-state index contributed by atoms with van der Waals surface area (Å²) in [6.45, 7) is 1.76. The zero-order valence-corrected chi connectivity index (χ0v) is 9.53. The van der Waals surface area contributed by atoms with Crippen molar-refractivity contribution in [2.45, 2.75) is 13.3 Å². The predicted octanol–water partition coefficient (Wildman–Crippen LogP) is 2.28. The largest absolute Gasteiger partial charge is 0.399 e. The van der Waals surface area contributed by atoms with Crippen LogP contribution in [0.2, 0.25) is 0 Å². The lowest BCUT2D eigenvalue weighted by Crippen LogP contribution is -2.22. The van der Waals surface area contributed by atoms with Crippen molar-refractivity contribution in [2.24, 2.45) is 4.99 Å². The molecule has 2 rings (SSSR count). The third-order valence-corrected chi connectivity index (χ3v) is 2.61. The quantitative estimate of drug-likeness (QED) is 0.722. The first-order valence-corrected chi connectivity index (χ1v) is 5.30. The minimum absolute atomic E-state index is 0.115. The number of ketones is 1. The first kappa shape index (κ1) is 11.3. The predicted molar refractivity (Wildman–Crippen MR) is 69.1 cm³/mol. The Kier molecular flexibility index (Phi) is 2.87. The monoisotopic (exact) mass is 227 g/mol. The molecule has 0 spiro atoms. The summed E-state index contributed by atoms with van der Waals surface area (Å²) in [5, 5.41) is 7.69. The van der Waals surface area contributed by atoms with Crippen molar-refractivity contribution in [3.05, 3.63) is 35.9 Å². The van der Waals surface area contributed by atoms with E-state index in [1.807, 2.05) is 0 Å². The highest BCUT2D eigenvalue weighted by Crippen LogP contribution is 2.18. The van der Waals surface area contributed by atoms with Crippen LogP contribution in [0.25, 0.3) is 0 Å². The molecule has 0 aliphatic heterocycles. The van der Waals surface area contributed by atoms with E-state index in [2.05, 4.69) is 4.99 Å². The summed E-state index contributed by atoms with van der Waals surface area (Å²) in [4.78, 5) is 15.9. The first-order chi connectivity index (χ1) is 8.06. The molecule has 1 aliphatic rings. The van der Waals surface area contributed by atoms with Gasteiger partial charge in [-0.3, -0.25) is 4.79 Å². The van der Waals surface area contributed by atoms with Crippen molar-refractivity contribution in [3.63, 3.8) is 0 Å². The second-order valence-corrected chi connectivity index (χ2v) is 4.00. The summed E-state index contributed by atoms with van der Waals surface area (Å²) in [5.74, 6) is -0.115. The van der Waals surface area contributed by atoms with Gasteiger partial charge < -0.3 is 11.1 Å². The Morgan fingerprint density at radius 1 is 1.29 bits per heavy atom. The van der Waals surface area contributed by atoms with Crippen LogP contribution in [0.15, 0.2) is 40.9 Å². The van der Waals surface area contributed by atoms with Crippen molar-refractivity contribution in [1.29, 1.82) is 5.41 Å². The van der Waals surface area contributed by atoms with Gasteiger partial charge in [0.2, 0.25) is 5.78 Å². The Labute approximate surface area is 99.4 Å². The Bertz CT molecular complexity index is 538. The van der Waals surface area contributed by atoms with Gasteiger partial charge in [-0.25, -0.2) is 4.99 Å². The highest BCUT2D eigenvalue weighted by Gasteiger charge is 2.19. The van der Waals surface area contributed by atoms with E-state index in [1.165, 1.54) is 6.08 Å². The van der Waals surface area contributed by atoms with Crippen molar-refractivity contribution in [2.75, 3.05) is 5.73 Å². The fraction of sp³-hybridized carbons (Fsp3) is 0.154. The first-order valence-electron chi connectivity index (χ1n) is 5.30. The van der Waals surface area contributed by atoms with E-state index in [9.17, 15) is 4.79 Å². The van der Waals surface area contributed by atoms with Crippen LogP contribution in [0.5, 0.6) is 0 Å². The number of anilines is 1. The molecule has 0 unspecified atom stereocenters. The molecule has 0 atom stereocenters. The Hall–Kier alpha value is -2.23. The standard InChI is InChI=1S/C13H13N3O/c1-8-6-13(17)12(7-11(8)15)16-10-4-2-9(14)3-5-10/h2-6,15H,7,14H2,1H3. The molecule has 86 valence electrons. The molecule has 1 aliphatic carbocycles. The van der Waals surface area contributed by atoms with Gasteiger partial charge in [-0.15, -0.1) is 0 Å².